The van der Waals surface area contributed by atoms with Gasteiger partial charge >= 0.3 is 0 Å². The van der Waals surface area contributed by atoms with Crippen LogP contribution in [0.25, 0.3) is 11.4 Å². The molecule has 0 radical (unpaired) electrons. The van der Waals surface area contributed by atoms with Crippen molar-refractivity contribution >= 4 is 23.5 Å². The first-order valence-corrected chi connectivity index (χ1v) is 9.95. The number of hydrogen-bond acceptors (Lipinski definition) is 6. The molecule has 1 aliphatic carbocycles. The fourth-order valence-electron chi connectivity index (χ4n) is 3.11. The number of thioether (sulfide) groups is 1. The minimum absolute atomic E-state index is 0.00440. The molecule has 3 rings (SSSR count). The Morgan fingerprint density at radius 3 is 2.85 bits per heavy atom. The number of likely N-dealkylation sites (N-methyl/N-ethyl adjacent to an activating group) is 1. The quantitative estimate of drug-likeness (QED) is 0.618. The summed E-state index contributed by atoms with van der Waals surface area (Å²) in [5.74, 6) is 0.637. The highest BCUT2D eigenvalue weighted by atomic mass is 32.2. The summed E-state index contributed by atoms with van der Waals surface area (Å²) in [4.78, 5) is 22.5. The lowest BCUT2D eigenvalue weighted by Gasteiger charge is -2.29. The van der Waals surface area contributed by atoms with Crippen molar-refractivity contribution in [1.29, 1.82) is 0 Å². The summed E-state index contributed by atoms with van der Waals surface area (Å²) in [5.41, 5.74) is 4.45. The van der Waals surface area contributed by atoms with Crippen LogP contribution in [0.5, 0.6) is 0 Å². The highest BCUT2D eigenvalue weighted by molar-refractivity contribution is 7.98. The third-order valence-electron chi connectivity index (χ3n) is 4.71. The predicted molar refractivity (Wildman–Crippen MR) is 104 cm³/mol. The zero-order chi connectivity index (χ0) is 18.9. The molecule has 0 aliphatic heterocycles. The highest BCUT2D eigenvalue weighted by Crippen LogP contribution is 2.37. The van der Waals surface area contributed by atoms with Crippen LogP contribution < -0.4 is 5.32 Å². The van der Waals surface area contributed by atoms with E-state index in [-0.39, 0.29) is 12.5 Å². The Hall–Kier alpha value is -2.09. The second-order valence-corrected chi connectivity index (χ2v) is 8.41. The molecule has 8 heteroatoms. The maximum Gasteiger partial charge on any atom is 0.241 e. The van der Waals surface area contributed by atoms with Crippen molar-refractivity contribution in [2.75, 3.05) is 32.2 Å². The zero-order valence-corrected chi connectivity index (χ0v) is 16.8. The summed E-state index contributed by atoms with van der Waals surface area (Å²) in [6.07, 6.45) is 5.07. The average Bonchev–Trinajstić information content (AvgIpc) is 3.00. The molecule has 0 unspecified atom stereocenters. The van der Waals surface area contributed by atoms with Crippen LogP contribution in [0.4, 0.5) is 5.82 Å². The topological polar surface area (TPSA) is 86.8 Å². The van der Waals surface area contributed by atoms with Gasteiger partial charge in [-0.3, -0.25) is 9.89 Å². The van der Waals surface area contributed by atoms with Crippen molar-refractivity contribution in [1.82, 2.24) is 25.1 Å². The molecule has 2 N–H and O–H groups in total. The SMILES string of the molecule is CSc1nc(NCC(=O)N(C)C)cc(-c2n[nH]c3c2CCC(C)(C)C3)n1. The van der Waals surface area contributed by atoms with E-state index in [2.05, 4.69) is 39.3 Å². The maximum absolute atomic E-state index is 11.8. The minimum Gasteiger partial charge on any atom is -0.361 e. The Morgan fingerprint density at radius 1 is 1.38 bits per heavy atom. The fourth-order valence-corrected chi connectivity index (χ4v) is 3.49. The molecule has 1 aliphatic rings. The van der Waals surface area contributed by atoms with E-state index in [0.717, 1.165) is 30.7 Å². The van der Waals surface area contributed by atoms with E-state index in [1.54, 1.807) is 19.0 Å². The second kappa shape index (κ2) is 7.26. The number of nitrogens with zero attached hydrogens (tertiary/aromatic N) is 4. The number of hydrogen-bond donors (Lipinski definition) is 2. The van der Waals surface area contributed by atoms with Crippen molar-refractivity contribution in [2.45, 2.75) is 38.3 Å². The molecule has 0 saturated heterocycles. The Bertz CT molecular complexity index is 814. The van der Waals surface area contributed by atoms with Crippen LogP contribution in [0, 0.1) is 5.41 Å². The van der Waals surface area contributed by atoms with Crippen LogP contribution >= 0.6 is 11.8 Å². The Kier molecular flexibility index (Phi) is 5.22. The van der Waals surface area contributed by atoms with Crippen LogP contribution in [0.15, 0.2) is 11.2 Å². The molecule has 0 bridgehead atoms. The molecule has 2 heterocycles. The van der Waals surface area contributed by atoms with Crippen LogP contribution in [-0.2, 0) is 17.6 Å². The molecule has 2 aromatic rings. The number of rotatable bonds is 5. The van der Waals surface area contributed by atoms with Gasteiger partial charge in [0.15, 0.2) is 5.16 Å². The van der Waals surface area contributed by atoms with E-state index < -0.39 is 0 Å². The molecule has 0 saturated carbocycles. The highest BCUT2D eigenvalue weighted by Gasteiger charge is 2.29. The Morgan fingerprint density at radius 2 is 2.15 bits per heavy atom. The normalized spacial score (nSPS) is 15.4. The predicted octanol–water partition coefficient (Wildman–Crippen LogP) is 2.60. The van der Waals surface area contributed by atoms with Gasteiger partial charge in [-0.15, -0.1) is 0 Å². The molecule has 7 nitrogen and oxygen atoms in total. The van der Waals surface area contributed by atoms with E-state index in [1.807, 2.05) is 12.3 Å². The molecule has 0 atom stereocenters. The number of anilines is 1. The van der Waals surface area contributed by atoms with Crippen molar-refractivity contribution in [3.05, 3.63) is 17.3 Å². The number of amides is 1. The van der Waals surface area contributed by atoms with E-state index in [1.165, 1.54) is 23.0 Å². The fraction of sp³-hybridized carbons (Fsp3) is 0.556. The molecule has 1 amide bonds. The molecule has 0 aromatic carbocycles. The summed E-state index contributed by atoms with van der Waals surface area (Å²) in [7, 11) is 3.47. The van der Waals surface area contributed by atoms with Crippen LogP contribution in [-0.4, -0.2) is 57.9 Å². The minimum atomic E-state index is -0.00440. The number of carbonyl (C=O) groups is 1. The van der Waals surface area contributed by atoms with E-state index in [4.69, 9.17) is 0 Å². The summed E-state index contributed by atoms with van der Waals surface area (Å²) in [6, 6.07) is 1.87. The van der Waals surface area contributed by atoms with Gasteiger partial charge in [0.1, 0.15) is 11.5 Å². The van der Waals surface area contributed by atoms with Gasteiger partial charge in [-0.05, 0) is 30.9 Å². The number of aromatic amines is 1. The van der Waals surface area contributed by atoms with Gasteiger partial charge in [-0.25, -0.2) is 9.97 Å². The van der Waals surface area contributed by atoms with Crippen molar-refractivity contribution in [2.24, 2.45) is 5.41 Å². The van der Waals surface area contributed by atoms with Crippen molar-refractivity contribution < 1.29 is 4.79 Å². The first-order valence-electron chi connectivity index (χ1n) is 8.72. The lowest BCUT2D eigenvalue weighted by molar-refractivity contribution is -0.126. The van der Waals surface area contributed by atoms with Gasteiger partial charge in [-0.2, -0.15) is 5.10 Å². The van der Waals surface area contributed by atoms with E-state index in [9.17, 15) is 4.79 Å². The van der Waals surface area contributed by atoms with Crippen LogP contribution in [0.3, 0.4) is 0 Å². The third kappa shape index (κ3) is 4.00. The van der Waals surface area contributed by atoms with E-state index in [0.29, 0.717) is 16.4 Å². The third-order valence-corrected chi connectivity index (χ3v) is 5.26. The standard InChI is InChI=1S/C18H26N6OS/c1-18(2)7-6-11-13(9-18)22-23-16(11)12-8-14(21-17(20-12)26-5)19-10-15(25)24(3)4/h8H,6-7,9-10H2,1-5H3,(H,22,23)(H,19,20,21). The molecule has 140 valence electrons. The summed E-state index contributed by atoms with van der Waals surface area (Å²) in [6.45, 7) is 4.78. The molecule has 0 spiro atoms. The van der Waals surface area contributed by atoms with Gasteiger partial charge in [0.05, 0.1) is 12.2 Å². The van der Waals surface area contributed by atoms with Gasteiger partial charge in [0.25, 0.3) is 0 Å². The molecular weight excluding hydrogens is 348 g/mol. The smallest absolute Gasteiger partial charge is 0.241 e. The van der Waals surface area contributed by atoms with Crippen molar-refractivity contribution in [3.63, 3.8) is 0 Å². The Balaban J connectivity index is 1.90. The zero-order valence-electron chi connectivity index (χ0n) is 16.0. The number of aromatic nitrogens is 4. The first kappa shape index (κ1) is 18.7. The number of carbonyl (C=O) groups excluding carboxylic acids is 1. The van der Waals surface area contributed by atoms with Crippen LogP contribution in [0.1, 0.15) is 31.5 Å². The van der Waals surface area contributed by atoms with Crippen molar-refractivity contribution in [3.8, 4) is 11.4 Å². The largest absolute Gasteiger partial charge is 0.361 e. The van der Waals surface area contributed by atoms with Gasteiger partial charge in [0, 0.05) is 31.4 Å². The monoisotopic (exact) mass is 374 g/mol. The number of nitrogens with one attached hydrogen (secondary N) is 2. The molecular formula is C18H26N6OS. The lowest BCUT2D eigenvalue weighted by atomic mass is 9.76. The molecule has 26 heavy (non-hydrogen) atoms. The number of H-pyrrole nitrogens is 1. The summed E-state index contributed by atoms with van der Waals surface area (Å²) < 4.78 is 0. The molecule has 0 fully saturated rings. The van der Waals surface area contributed by atoms with Gasteiger partial charge in [0.2, 0.25) is 5.91 Å². The molecule has 2 aromatic heterocycles. The lowest BCUT2D eigenvalue weighted by Crippen LogP contribution is -2.28. The van der Waals surface area contributed by atoms with Gasteiger partial charge < -0.3 is 10.2 Å². The summed E-state index contributed by atoms with van der Waals surface area (Å²) in [5, 5.41) is 11.5. The Labute approximate surface area is 158 Å². The number of fused-ring (bicyclic) bond motifs is 1. The second-order valence-electron chi connectivity index (χ2n) is 7.64. The van der Waals surface area contributed by atoms with E-state index >= 15 is 0 Å². The van der Waals surface area contributed by atoms with Gasteiger partial charge in [-0.1, -0.05) is 25.6 Å². The summed E-state index contributed by atoms with van der Waals surface area (Å²) >= 11 is 1.48. The first-order chi connectivity index (χ1) is 12.3. The van der Waals surface area contributed by atoms with Crippen LogP contribution in [0.2, 0.25) is 0 Å². The average molecular weight is 375 g/mol. The maximum atomic E-state index is 11.8.